The number of nitro benzene ring substituents is 1. The summed E-state index contributed by atoms with van der Waals surface area (Å²) < 4.78 is 10.0. The number of benzene rings is 1. The zero-order chi connectivity index (χ0) is 12.1. The highest BCUT2D eigenvalue weighted by Gasteiger charge is 2.17. The maximum atomic E-state index is 10.7. The van der Waals surface area contributed by atoms with Crippen LogP contribution in [-0.2, 0) is 4.74 Å². The van der Waals surface area contributed by atoms with E-state index in [0.29, 0.717) is 6.29 Å². The van der Waals surface area contributed by atoms with Crippen molar-refractivity contribution in [1.29, 1.82) is 0 Å². The number of methoxy groups -OCH3 is 1. The van der Waals surface area contributed by atoms with Crippen LogP contribution in [0.2, 0.25) is 0 Å². The van der Waals surface area contributed by atoms with Crippen LogP contribution in [0.15, 0.2) is 18.2 Å². The van der Waals surface area contributed by atoms with Crippen molar-refractivity contribution >= 4 is 12.0 Å². The Morgan fingerprint density at radius 2 is 2.19 bits per heavy atom. The first-order chi connectivity index (χ1) is 7.58. The van der Waals surface area contributed by atoms with Crippen LogP contribution >= 0.6 is 0 Å². The molecule has 1 aromatic rings. The van der Waals surface area contributed by atoms with E-state index in [-0.39, 0.29) is 17.0 Å². The van der Waals surface area contributed by atoms with Gasteiger partial charge < -0.3 is 9.47 Å². The number of hydrogen-bond acceptors (Lipinski definition) is 5. The van der Waals surface area contributed by atoms with Crippen molar-refractivity contribution in [2.24, 2.45) is 0 Å². The summed E-state index contributed by atoms with van der Waals surface area (Å²) in [5, 5.41) is 10.7. The Hall–Kier alpha value is -1.95. The number of carbonyl (C=O) groups excluding carboxylic acids is 1. The summed E-state index contributed by atoms with van der Waals surface area (Å²) in [4.78, 5) is 20.6. The molecule has 0 spiro atoms. The minimum atomic E-state index is -0.606. The van der Waals surface area contributed by atoms with Crippen molar-refractivity contribution in [3.63, 3.8) is 0 Å². The SMILES string of the molecule is COC(C)Oc1ccc(C=O)cc1[N+](=O)[O-]. The van der Waals surface area contributed by atoms with Crippen LogP contribution in [0.4, 0.5) is 5.69 Å². The second-order valence-electron chi connectivity index (χ2n) is 3.02. The predicted molar refractivity (Wildman–Crippen MR) is 55.6 cm³/mol. The lowest BCUT2D eigenvalue weighted by atomic mass is 10.2. The Bertz CT molecular complexity index is 404. The van der Waals surface area contributed by atoms with E-state index in [1.807, 2.05) is 0 Å². The van der Waals surface area contributed by atoms with E-state index in [0.717, 1.165) is 6.07 Å². The van der Waals surface area contributed by atoms with E-state index in [1.54, 1.807) is 6.92 Å². The third kappa shape index (κ3) is 2.77. The summed E-state index contributed by atoms with van der Waals surface area (Å²) in [6, 6.07) is 3.97. The van der Waals surface area contributed by atoms with E-state index < -0.39 is 11.2 Å². The second kappa shape index (κ2) is 5.22. The average Bonchev–Trinajstić information content (AvgIpc) is 2.29. The van der Waals surface area contributed by atoms with Gasteiger partial charge in [-0.1, -0.05) is 0 Å². The number of hydrogen-bond donors (Lipinski definition) is 0. The van der Waals surface area contributed by atoms with Crippen LogP contribution in [0.1, 0.15) is 17.3 Å². The van der Waals surface area contributed by atoms with Gasteiger partial charge in [-0.05, 0) is 19.1 Å². The molecule has 0 heterocycles. The number of ether oxygens (including phenoxy) is 2. The molecule has 1 aromatic carbocycles. The fourth-order valence-electron chi connectivity index (χ4n) is 1.08. The number of nitrogens with zero attached hydrogens (tertiary/aromatic N) is 1. The molecule has 86 valence electrons. The highest BCUT2D eigenvalue weighted by atomic mass is 16.7. The Kier molecular flexibility index (Phi) is 3.96. The Labute approximate surface area is 91.9 Å². The van der Waals surface area contributed by atoms with Gasteiger partial charge in [0.1, 0.15) is 6.29 Å². The summed E-state index contributed by atoms with van der Waals surface area (Å²) in [6.45, 7) is 1.61. The minimum absolute atomic E-state index is 0.0740. The molecule has 0 radical (unpaired) electrons. The zero-order valence-corrected chi connectivity index (χ0v) is 8.88. The van der Waals surface area contributed by atoms with Crippen molar-refractivity contribution in [3.8, 4) is 5.75 Å². The molecule has 6 heteroatoms. The Morgan fingerprint density at radius 1 is 1.50 bits per heavy atom. The third-order valence-electron chi connectivity index (χ3n) is 1.94. The molecule has 0 aliphatic rings. The van der Waals surface area contributed by atoms with Crippen molar-refractivity contribution < 1.29 is 19.2 Å². The normalized spacial score (nSPS) is 11.9. The number of rotatable bonds is 5. The van der Waals surface area contributed by atoms with Gasteiger partial charge in [-0.25, -0.2) is 0 Å². The van der Waals surface area contributed by atoms with E-state index in [9.17, 15) is 14.9 Å². The van der Waals surface area contributed by atoms with Crippen molar-refractivity contribution in [1.82, 2.24) is 0 Å². The van der Waals surface area contributed by atoms with E-state index in [1.165, 1.54) is 19.2 Å². The standard InChI is InChI=1S/C10H11NO5/c1-7(15-2)16-10-4-3-8(6-12)5-9(10)11(13)14/h3-7H,1-2H3. The molecule has 0 amide bonds. The van der Waals surface area contributed by atoms with Crippen LogP contribution in [0.5, 0.6) is 5.75 Å². The molecule has 16 heavy (non-hydrogen) atoms. The van der Waals surface area contributed by atoms with Gasteiger partial charge in [0.2, 0.25) is 0 Å². The van der Waals surface area contributed by atoms with E-state index in [2.05, 4.69) is 0 Å². The van der Waals surface area contributed by atoms with Gasteiger partial charge in [0.05, 0.1) is 4.92 Å². The smallest absolute Gasteiger partial charge is 0.311 e. The fraction of sp³-hybridized carbons (Fsp3) is 0.300. The van der Waals surface area contributed by atoms with Crippen LogP contribution in [0.3, 0.4) is 0 Å². The van der Waals surface area contributed by atoms with Crippen molar-refractivity contribution in [2.45, 2.75) is 13.2 Å². The third-order valence-corrected chi connectivity index (χ3v) is 1.94. The maximum absolute atomic E-state index is 10.7. The summed E-state index contributed by atoms with van der Waals surface area (Å²) in [5.74, 6) is 0.0740. The topological polar surface area (TPSA) is 78.7 Å². The highest BCUT2D eigenvalue weighted by molar-refractivity contribution is 5.77. The van der Waals surface area contributed by atoms with Crippen molar-refractivity contribution in [3.05, 3.63) is 33.9 Å². The van der Waals surface area contributed by atoms with Crippen LogP contribution < -0.4 is 4.74 Å². The first-order valence-corrected chi connectivity index (χ1v) is 4.51. The van der Waals surface area contributed by atoms with Gasteiger partial charge in [0, 0.05) is 18.7 Å². The van der Waals surface area contributed by atoms with Crippen molar-refractivity contribution in [2.75, 3.05) is 7.11 Å². The van der Waals surface area contributed by atoms with Crippen LogP contribution in [0.25, 0.3) is 0 Å². The van der Waals surface area contributed by atoms with E-state index in [4.69, 9.17) is 9.47 Å². The Morgan fingerprint density at radius 3 is 2.69 bits per heavy atom. The molecule has 0 aromatic heterocycles. The Balaban J connectivity index is 3.07. The molecule has 0 saturated carbocycles. The zero-order valence-electron chi connectivity index (χ0n) is 8.88. The molecule has 1 rings (SSSR count). The van der Waals surface area contributed by atoms with Crippen LogP contribution in [0, 0.1) is 10.1 Å². The summed E-state index contributed by atoms with van der Waals surface area (Å²) >= 11 is 0. The number of nitro groups is 1. The lowest BCUT2D eigenvalue weighted by molar-refractivity contribution is -0.386. The fourth-order valence-corrected chi connectivity index (χ4v) is 1.08. The van der Waals surface area contributed by atoms with Gasteiger partial charge in [0.25, 0.3) is 0 Å². The molecule has 1 atom stereocenters. The quantitative estimate of drug-likeness (QED) is 0.330. The molecule has 0 saturated heterocycles. The summed E-state index contributed by atoms with van der Waals surface area (Å²) in [6.07, 6.45) is -0.0583. The van der Waals surface area contributed by atoms with Crippen LogP contribution in [-0.4, -0.2) is 24.6 Å². The first-order valence-electron chi connectivity index (χ1n) is 4.51. The van der Waals surface area contributed by atoms with Gasteiger partial charge >= 0.3 is 5.69 Å². The summed E-state index contributed by atoms with van der Waals surface area (Å²) in [5.41, 5.74) is -0.0300. The predicted octanol–water partition coefficient (Wildman–Crippen LogP) is 1.78. The van der Waals surface area contributed by atoms with E-state index >= 15 is 0 Å². The number of carbonyl (C=O) groups is 1. The van der Waals surface area contributed by atoms with Gasteiger partial charge in [-0.3, -0.25) is 14.9 Å². The molecule has 0 bridgehead atoms. The average molecular weight is 225 g/mol. The molecule has 0 fully saturated rings. The maximum Gasteiger partial charge on any atom is 0.311 e. The molecule has 0 N–H and O–H groups in total. The van der Waals surface area contributed by atoms with Gasteiger partial charge in [-0.2, -0.15) is 0 Å². The highest BCUT2D eigenvalue weighted by Crippen LogP contribution is 2.28. The molecule has 0 aliphatic heterocycles. The molecular weight excluding hydrogens is 214 g/mol. The second-order valence-corrected chi connectivity index (χ2v) is 3.02. The minimum Gasteiger partial charge on any atom is -0.458 e. The lowest BCUT2D eigenvalue weighted by Gasteiger charge is -2.12. The molecular formula is C10H11NO5. The molecule has 0 aliphatic carbocycles. The lowest BCUT2D eigenvalue weighted by Crippen LogP contribution is -2.14. The molecule has 1 unspecified atom stereocenters. The number of aldehydes is 1. The largest absolute Gasteiger partial charge is 0.458 e. The molecule has 6 nitrogen and oxygen atoms in total. The first kappa shape index (κ1) is 12.1. The van der Waals surface area contributed by atoms with Gasteiger partial charge in [0.15, 0.2) is 12.0 Å². The monoisotopic (exact) mass is 225 g/mol. The van der Waals surface area contributed by atoms with Gasteiger partial charge in [-0.15, -0.1) is 0 Å². The summed E-state index contributed by atoms with van der Waals surface area (Å²) in [7, 11) is 1.43.